The van der Waals surface area contributed by atoms with E-state index in [1.807, 2.05) is 17.9 Å². The lowest BCUT2D eigenvalue weighted by Crippen LogP contribution is -2.23. The van der Waals surface area contributed by atoms with Crippen LogP contribution in [-0.2, 0) is 13.5 Å². The molecule has 1 N–H and O–H groups in total. The molecule has 0 bridgehead atoms. The first-order chi connectivity index (χ1) is 8.70. The zero-order valence-electron chi connectivity index (χ0n) is 10.7. The van der Waals surface area contributed by atoms with Crippen molar-refractivity contribution in [2.45, 2.75) is 25.8 Å². The summed E-state index contributed by atoms with van der Waals surface area (Å²) in [6.07, 6.45) is 4.07. The smallest absolute Gasteiger partial charge is 0.0643 e. The molecule has 0 aromatic carbocycles. The first-order valence-electron chi connectivity index (χ1n) is 6.15. The van der Waals surface area contributed by atoms with Gasteiger partial charge in [-0.25, -0.2) is 0 Å². The number of aryl methyl sites for hydroxylation is 1. The van der Waals surface area contributed by atoms with Gasteiger partial charge in [-0.3, -0.25) is 4.68 Å². The van der Waals surface area contributed by atoms with Gasteiger partial charge in [0.1, 0.15) is 0 Å². The molecule has 0 fully saturated rings. The van der Waals surface area contributed by atoms with Crippen molar-refractivity contribution in [1.29, 1.82) is 0 Å². The zero-order chi connectivity index (χ0) is 13.0. The average Bonchev–Trinajstić information content (AvgIpc) is 2.93. The second-order valence-corrected chi connectivity index (χ2v) is 6.13. The monoisotopic (exact) mass is 327 g/mol. The van der Waals surface area contributed by atoms with Gasteiger partial charge in [0, 0.05) is 35.1 Å². The van der Waals surface area contributed by atoms with E-state index in [0.717, 1.165) is 25.1 Å². The number of halogens is 1. The molecule has 0 aliphatic rings. The molecule has 18 heavy (non-hydrogen) atoms. The van der Waals surface area contributed by atoms with Crippen LogP contribution in [-0.4, -0.2) is 16.3 Å². The van der Waals surface area contributed by atoms with E-state index >= 15 is 0 Å². The van der Waals surface area contributed by atoms with Gasteiger partial charge in [-0.05, 0) is 46.4 Å². The fourth-order valence-electron chi connectivity index (χ4n) is 1.91. The predicted octanol–water partition coefficient (Wildman–Crippen LogP) is 3.53. The number of hydrogen-bond acceptors (Lipinski definition) is 3. The van der Waals surface area contributed by atoms with E-state index in [1.54, 1.807) is 11.3 Å². The summed E-state index contributed by atoms with van der Waals surface area (Å²) >= 11 is 5.41. The van der Waals surface area contributed by atoms with E-state index in [4.69, 9.17) is 0 Å². The average molecular weight is 328 g/mol. The molecule has 2 aromatic rings. The molecule has 0 saturated carbocycles. The number of rotatable bonds is 6. The highest BCUT2D eigenvalue weighted by molar-refractivity contribution is 9.10. The van der Waals surface area contributed by atoms with E-state index in [0.29, 0.717) is 6.04 Å². The Hall–Kier alpha value is -0.650. The lowest BCUT2D eigenvalue weighted by Gasteiger charge is -2.16. The number of nitrogens with zero attached hydrogens (tertiary/aromatic N) is 2. The molecule has 0 radical (unpaired) electrons. The Morgan fingerprint density at radius 3 is 2.89 bits per heavy atom. The van der Waals surface area contributed by atoms with Gasteiger partial charge in [0.05, 0.1) is 5.69 Å². The van der Waals surface area contributed by atoms with Gasteiger partial charge in [-0.15, -0.1) is 11.3 Å². The van der Waals surface area contributed by atoms with E-state index < -0.39 is 0 Å². The molecule has 2 heterocycles. The number of aromatic nitrogens is 2. The van der Waals surface area contributed by atoms with Gasteiger partial charge in [0.25, 0.3) is 0 Å². The molecular formula is C13H18BrN3S. The number of thiophene rings is 1. The van der Waals surface area contributed by atoms with Gasteiger partial charge in [-0.1, -0.05) is 6.92 Å². The largest absolute Gasteiger partial charge is 0.309 e. The van der Waals surface area contributed by atoms with Crippen LogP contribution in [0.4, 0.5) is 0 Å². The minimum absolute atomic E-state index is 0.342. The molecule has 98 valence electrons. The third kappa shape index (κ3) is 3.43. The van der Waals surface area contributed by atoms with Gasteiger partial charge >= 0.3 is 0 Å². The maximum Gasteiger partial charge on any atom is 0.0643 e. The first-order valence-corrected chi connectivity index (χ1v) is 7.82. The van der Waals surface area contributed by atoms with Crippen LogP contribution in [0.2, 0.25) is 0 Å². The topological polar surface area (TPSA) is 29.9 Å². The van der Waals surface area contributed by atoms with Crippen LogP contribution in [0.15, 0.2) is 28.2 Å². The number of hydrogen-bond donors (Lipinski definition) is 1. The summed E-state index contributed by atoms with van der Waals surface area (Å²) in [6, 6.07) is 4.54. The van der Waals surface area contributed by atoms with Crippen LogP contribution in [0.1, 0.15) is 30.0 Å². The Morgan fingerprint density at radius 1 is 1.50 bits per heavy atom. The van der Waals surface area contributed by atoms with Gasteiger partial charge in [0.15, 0.2) is 0 Å². The minimum Gasteiger partial charge on any atom is -0.309 e. The number of nitrogens with one attached hydrogen (secondary N) is 1. The zero-order valence-corrected chi connectivity index (χ0v) is 13.1. The molecule has 0 saturated heterocycles. The van der Waals surface area contributed by atoms with E-state index in [-0.39, 0.29) is 0 Å². The Morgan fingerprint density at radius 2 is 2.33 bits per heavy atom. The van der Waals surface area contributed by atoms with Crippen molar-refractivity contribution in [2.75, 3.05) is 6.54 Å². The molecule has 3 nitrogen and oxygen atoms in total. The van der Waals surface area contributed by atoms with Crippen LogP contribution in [0.5, 0.6) is 0 Å². The Labute approximate surface area is 120 Å². The Kier molecular flexibility index (Phi) is 4.97. The van der Waals surface area contributed by atoms with Crippen molar-refractivity contribution in [3.8, 4) is 0 Å². The van der Waals surface area contributed by atoms with Gasteiger partial charge in [0.2, 0.25) is 0 Å². The quantitative estimate of drug-likeness (QED) is 0.879. The van der Waals surface area contributed by atoms with E-state index in [1.165, 1.54) is 9.35 Å². The van der Waals surface area contributed by atoms with Crippen molar-refractivity contribution < 1.29 is 0 Å². The van der Waals surface area contributed by atoms with Crippen molar-refractivity contribution >= 4 is 27.3 Å². The Balaban J connectivity index is 2.12. The maximum absolute atomic E-state index is 4.46. The van der Waals surface area contributed by atoms with Gasteiger partial charge < -0.3 is 5.32 Å². The first kappa shape index (κ1) is 13.8. The van der Waals surface area contributed by atoms with E-state index in [2.05, 4.69) is 50.8 Å². The van der Waals surface area contributed by atoms with Crippen LogP contribution < -0.4 is 5.32 Å². The van der Waals surface area contributed by atoms with Crippen LogP contribution in [0.25, 0.3) is 0 Å². The summed E-state index contributed by atoms with van der Waals surface area (Å²) in [7, 11) is 1.96. The highest BCUT2D eigenvalue weighted by Crippen LogP contribution is 2.30. The summed E-state index contributed by atoms with van der Waals surface area (Å²) in [6.45, 7) is 3.22. The summed E-state index contributed by atoms with van der Waals surface area (Å²) in [5.74, 6) is 0. The normalized spacial score (nSPS) is 12.8. The molecule has 0 amide bonds. The van der Waals surface area contributed by atoms with Gasteiger partial charge in [-0.2, -0.15) is 5.10 Å². The van der Waals surface area contributed by atoms with Crippen molar-refractivity contribution in [3.63, 3.8) is 0 Å². The SMILES string of the molecule is CCCNC(Cc1ccn(C)n1)c1sccc1Br. The summed E-state index contributed by atoms with van der Waals surface area (Å²) < 4.78 is 3.05. The van der Waals surface area contributed by atoms with Crippen molar-refractivity contribution in [2.24, 2.45) is 7.05 Å². The second-order valence-electron chi connectivity index (χ2n) is 4.32. The molecule has 1 unspecified atom stereocenters. The lowest BCUT2D eigenvalue weighted by atomic mass is 10.1. The highest BCUT2D eigenvalue weighted by Gasteiger charge is 2.16. The predicted molar refractivity (Wildman–Crippen MR) is 80.0 cm³/mol. The lowest BCUT2D eigenvalue weighted by molar-refractivity contribution is 0.527. The van der Waals surface area contributed by atoms with Crippen LogP contribution in [0.3, 0.4) is 0 Å². The molecule has 0 aliphatic carbocycles. The fraction of sp³-hybridized carbons (Fsp3) is 0.462. The van der Waals surface area contributed by atoms with E-state index in [9.17, 15) is 0 Å². The highest BCUT2D eigenvalue weighted by atomic mass is 79.9. The van der Waals surface area contributed by atoms with Crippen LogP contribution in [0, 0.1) is 0 Å². The Bertz CT molecular complexity index is 492. The second kappa shape index (κ2) is 6.50. The molecule has 0 spiro atoms. The summed E-state index contributed by atoms with van der Waals surface area (Å²) in [5.41, 5.74) is 1.13. The molecular weight excluding hydrogens is 310 g/mol. The molecule has 1 atom stereocenters. The fourth-order valence-corrected chi connectivity index (χ4v) is 3.64. The third-order valence-electron chi connectivity index (χ3n) is 2.78. The van der Waals surface area contributed by atoms with Crippen molar-refractivity contribution in [3.05, 3.63) is 38.8 Å². The minimum atomic E-state index is 0.342. The molecule has 2 rings (SSSR count). The summed E-state index contributed by atoms with van der Waals surface area (Å²) in [5, 5.41) is 10.2. The summed E-state index contributed by atoms with van der Waals surface area (Å²) in [4.78, 5) is 1.36. The van der Waals surface area contributed by atoms with Crippen molar-refractivity contribution in [1.82, 2.24) is 15.1 Å². The maximum atomic E-state index is 4.46. The third-order valence-corrected chi connectivity index (χ3v) is 4.77. The molecule has 0 aliphatic heterocycles. The molecule has 2 aromatic heterocycles. The van der Waals surface area contributed by atoms with Crippen LogP contribution >= 0.6 is 27.3 Å². The molecule has 5 heteroatoms. The standard InChI is InChI=1S/C13H18BrN3S/c1-3-6-15-12(13-11(14)5-8-18-13)9-10-4-7-17(2)16-10/h4-5,7-8,12,15H,3,6,9H2,1-2H3.